The van der Waals surface area contributed by atoms with Gasteiger partial charge in [-0.3, -0.25) is 4.79 Å². The highest BCUT2D eigenvalue weighted by molar-refractivity contribution is 7.99. The van der Waals surface area contributed by atoms with Crippen molar-refractivity contribution >= 4 is 23.4 Å². The summed E-state index contributed by atoms with van der Waals surface area (Å²) in [6, 6.07) is 8.74. The van der Waals surface area contributed by atoms with Crippen LogP contribution in [0.2, 0.25) is 0 Å². The molecule has 2 aromatic rings. The summed E-state index contributed by atoms with van der Waals surface area (Å²) >= 11 is 1.44. The lowest BCUT2D eigenvalue weighted by atomic mass is 9.86. The molecule has 7 heteroatoms. The van der Waals surface area contributed by atoms with Gasteiger partial charge in [0.2, 0.25) is 5.91 Å². The van der Waals surface area contributed by atoms with E-state index in [1.807, 2.05) is 11.6 Å². The predicted octanol–water partition coefficient (Wildman–Crippen LogP) is 4.12. The number of anilines is 1. The number of aromatic nitrogens is 3. The van der Waals surface area contributed by atoms with Gasteiger partial charge in [-0.1, -0.05) is 31.5 Å². The molecule has 1 amide bonds. The van der Waals surface area contributed by atoms with Crippen LogP contribution in [0.3, 0.4) is 0 Å². The summed E-state index contributed by atoms with van der Waals surface area (Å²) in [5.74, 6) is 1.84. The van der Waals surface area contributed by atoms with Gasteiger partial charge in [0.05, 0.1) is 5.75 Å². The summed E-state index contributed by atoms with van der Waals surface area (Å²) < 4.78 is 1.97. The van der Waals surface area contributed by atoms with Crippen LogP contribution >= 0.6 is 11.8 Å². The highest BCUT2D eigenvalue weighted by Gasteiger charge is 2.23. The van der Waals surface area contributed by atoms with E-state index >= 15 is 0 Å². The Hall–Kier alpha value is -2.02. The molecule has 0 spiro atoms. The molecule has 1 N–H and O–H groups in total. The predicted molar refractivity (Wildman–Crippen MR) is 120 cm³/mol. The van der Waals surface area contributed by atoms with E-state index in [2.05, 4.69) is 65.5 Å². The number of carbonyl (C=O) groups excluding carboxylic acids is 1. The molecule has 1 aromatic heterocycles. The average Bonchev–Trinajstić information content (AvgIpc) is 3.10. The number of hydrogen-bond acceptors (Lipinski definition) is 5. The molecule has 6 nitrogen and oxygen atoms in total. The van der Waals surface area contributed by atoms with Crippen molar-refractivity contribution in [3.63, 3.8) is 0 Å². The van der Waals surface area contributed by atoms with Crippen molar-refractivity contribution in [2.24, 2.45) is 13.0 Å². The van der Waals surface area contributed by atoms with Gasteiger partial charge in [0.1, 0.15) is 0 Å². The average molecular weight is 416 g/mol. The van der Waals surface area contributed by atoms with Crippen LogP contribution < -0.4 is 10.2 Å². The number of benzene rings is 1. The zero-order valence-electron chi connectivity index (χ0n) is 18.0. The van der Waals surface area contributed by atoms with Crippen molar-refractivity contribution in [3.8, 4) is 11.4 Å². The number of amides is 1. The molecule has 0 radical (unpaired) electrons. The van der Waals surface area contributed by atoms with Crippen LogP contribution in [0.5, 0.6) is 0 Å². The SMILES string of the molecule is CCN(CC)c1ccc(-c2nnc(SCC(=O)NC3CCCCC3C)n2C)cc1. The second-order valence-electron chi connectivity index (χ2n) is 7.81. The molecule has 1 aliphatic rings. The molecule has 158 valence electrons. The lowest BCUT2D eigenvalue weighted by Gasteiger charge is -2.29. The molecule has 0 bridgehead atoms. The fourth-order valence-electron chi connectivity index (χ4n) is 4.01. The Morgan fingerprint density at radius 2 is 1.86 bits per heavy atom. The Bertz CT molecular complexity index is 800. The first-order valence-corrected chi connectivity index (χ1v) is 11.7. The maximum atomic E-state index is 12.4. The first-order valence-electron chi connectivity index (χ1n) is 10.7. The van der Waals surface area contributed by atoms with E-state index in [0.717, 1.165) is 36.1 Å². The number of thioether (sulfide) groups is 1. The van der Waals surface area contributed by atoms with Crippen molar-refractivity contribution in [2.75, 3.05) is 23.7 Å². The van der Waals surface area contributed by atoms with E-state index in [4.69, 9.17) is 0 Å². The molecule has 0 aliphatic heterocycles. The summed E-state index contributed by atoms with van der Waals surface area (Å²) in [5, 5.41) is 12.6. The summed E-state index contributed by atoms with van der Waals surface area (Å²) in [4.78, 5) is 14.7. The third-order valence-electron chi connectivity index (χ3n) is 5.88. The third kappa shape index (κ3) is 5.32. The maximum Gasteiger partial charge on any atom is 0.230 e. The zero-order chi connectivity index (χ0) is 20.8. The Kier molecular flexibility index (Phi) is 7.58. The second-order valence-corrected chi connectivity index (χ2v) is 8.75. The minimum Gasteiger partial charge on any atom is -0.372 e. The number of nitrogens with zero attached hydrogens (tertiary/aromatic N) is 4. The van der Waals surface area contributed by atoms with Crippen molar-refractivity contribution < 1.29 is 4.79 Å². The van der Waals surface area contributed by atoms with Gasteiger partial charge in [-0.25, -0.2) is 0 Å². The quantitative estimate of drug-likeness (QED) is 0.657. The minimum atomic E-state index is 0.0851. The van der Waals surface area contributed by atoms with Gasteiger partial charge < -0.3 is 14.8 Å². The summed E-state index contributed by atoms with van der Waals surface area (Å²) in [6.45, 7) is 8.53. The standard InChI is InChI=1S/C22H33N5OS/c1-5-27(6-2)18-13-11-17(12-14-18)21-24-25-22(26(21)4)29-15-20(28)23-19-10-8-7-9-16(19)3/h11-14,16,19H,5-10,15H2,1-4H3,(H,23,28). The lowest BCUT2D eigenvalue weighted by molar-refractivity contribution is -0.119. The Balaban J connectivity index is 1.60. The van der Waals surface area contributed by atoms with Crippen LogP contribution in [0.1, 0.15) is 46.5 Å². The highest BCUT2D eigenvalue weighted by atomic mass is 32.2. The van der Waals surface area contributed by atoms with E-state index in [1.54, 1.807) is 0 Å². The van der Waals surface area contributed by atoms with E-state index in [9.17, 15) is 4.79 Å². The van der Waals surface area contributed by atoms with Gasteiger partial charge in [-0.05, 0) is 56.9 Å². The van der Waals surface area contributed by atoms with Gasteiger partial charge in [0.15, 0.2) is 11.0 Å². The number of rotatable bonds is 8. The van der Waals surface area contributed by atoms with Crippen molar-refractivity contribution in [2.45, 2.75) is 57.7 Å². The number of nitrogens with one attached hydrogen (secondary N) is 1. The van der Waals surface area contributed by atoms with Crippen molar-refractivity contribution in [1.82, 2.24) is 20.1 Å². The molecule has 0 saturated heterocycles. The topological polar surface area (TPSA) is 63.1 Å². The molecule has 1 aromatic carbocycles. The number of carbonyl (C=O) groups is 1. The zero-order valence-corrected chi connectivity index (χ0v) is 18.8. The molecular weight excluding hydrogens is 382 g/mol. The van der Waals surface area contributed by atoms with Crippen LogP contribution in [0.4, 0.5) is 5.69 Å². The third-order valence-corrected chi connectivity index (χ3v) is 6.90. The normalized spacial score (nSPS) is 19.2. The van der Waals surface area contributed by atoms with Gasteiger partial charge in [-0.15, -0.1) is 10.2 Å². The van der Waals surface area contributed by atoms with Crippen LogP contribution in [0, 0.1) is 5.92 Å². The first-order chi connectivity index (χ1) is 14.0. The van der Waals surface area contributed by atoms with Gasteiger partial charge in [0, 0.05) is 37.4 Å². The largest absolute Gasteiger partial charge is 0.372 e. The van der Waals surface area contributed by atoms with Gasteiger partial charge in [-0.2, -0.15) is 0 Å². The maximum absolute atomic E-state index is 12.4. The van der Waals surface area contributed by atoms with Crippen LogP contribution in [0.25, 0.3) is 11.4 Å². The Labute approximate surface area is 178 Å². The van der Waals surface area contributed by atoms with E-state index in [1.165, 1.54) is 36.7 Å². The molecule has 3 rings (SSSR count). The van der Waals surface area contributed by atoms with Crippen LogP contribution in [-0.4, -0.2) is 45.6 Å². The first kappa shape index (κ1) is 21.7. The fraction of sp³-hybridized carbons (Fsp3) is 0.591. The summed E-state index contributed by atoms with van der Waals surface area (Å²) in [5.41, 5.74) is 2.24. The molecule has 29 heavy (non-hydrogen) atoms. The molecule has 1 aliphatic carbocycles. The molecule has 1 saturated carbocycles. The van der Waals surface area contributed by atoms with Gasteiger partial charge >= 0.3 is 0 Å². The van der Waals surface area contributed by atoms with E-state index in [-0.39, 0.29) is 5.91 Å². The lowest BCUT2D eigenvalue weighted by Crippen LogP contribution is -2.41. The minimum absolute atomic E-state index is 0.0851. The Morgan fingerprint density at radius 1 is 1.17 bits per heavy atom. The molecule has 2 atom stereocenters. The second kappa shape index (κ2) is 10.1. The van der Waals surface area contributed by atoms with Crippen LogP contribution in [0.15, 0.2) is 29.4 Å². The molecule has 1 heterocycles. The summed E-state index contributed by atoms with van der Waals surface area (Å²) in [6.07, 6.45) is 4.79. The van der Waals surface area contributed by atoms with Crippen LogP contribution in [-0.2, 0) is 11.8 Å². The molecule has 1 fully saturated rings. The molecular formula is C22H33N5OS. The fourth-order valence-corrected chi connectivity index (χ4v) is 4.73. The molecule has 2 unspecified atom stereocenters. The summed E-state index contributed by atoms with van der Waals surface area (Å²) in [7, 11) is 1.96. The monoisotopic (exact) mass is 415 g/mol. The number of hydrogen-bond donors (Lipinski definition) is 1. The van der Waals surface area contributed by atoms with Crippen molar-refractivity contribution in [1.29, 1.82) is 0 Å². The Morgan fingerprint density at radius 3 is 2.52 bits per heavy atom. The smallest absolute Gasteiger partial charge is 0.230 e. The highest BCUT2D eigenvalue weighted by Crippen LogP contribution is 2.26. The van der Waals surface area contributed by atoms with E-state index < -0.39 is 0 Å². The van der Waals surface area contributed by atoms with E-state index in [0.29, 0.717) is 17.7 Å². The van der Waals surface area contributed by atoms with Crippen molar-refractivity contribution in [3.05, 3.63) is 24.3 Å². The van der Waals surface area contributed by atoms with Gasteiger partial charge in [0.25, 0.3) is 0 Å².